The van der Waals surface area contributed by atoms with Crippen molar-refractivity contribution >= 4 is 22.5 Å². The Morgan fingerprint density at radius 3 is 2.91 bits per heavy atom. The van der Waals surface area contributed by atoms with Gasteiger partial charge in [-0.3, -0.25) is 9.48 Å². The van der Waals surface area contributed by atoms with E-state index in [9.17, 15) is 4.79 Å². The molecule has 0 saturated carbocycles. The summed E-state index contributed by atoms with van der Waals surface area (Å²) in [7, 11) is 0. The van der Waals surface area contributed by atoms with Gasteiger partial charge in [-0.15, -0.1) is 0 Å². The molecule has 0 aliphatic carbocycles. The molecule has 2 heterocycles. The molecule has 0 radical (unpaired) electrons. The van der Waals surface area contributed by atoms with Gasteiger partial charge in [0.25, 0.3) is 11.8 Å². The second kappa shape index (κ2) is 6.12. The maximum atomic E-state index is 11.9. The van der Waals surface area contributed by atoms with Crippen LogP contribution >= 0.6 is 0 Å². The van der Waals surface area contributed by atoms with Crippen molar-refractivity contribution in [3.63, 3.8) is 0 Å². The van der Waals surface area contributed by atoms with Gasteiger partial charge in [-0.05, 0) is 44.1 Å². The van der Waals surface area contributed by atoms with Gasteiger partial charge in [0.1, 0.15) is 5.76 Å². The highest BCUT2D eigenvalue weighted by molar-refractivity contribution is 5.94. The third-order valence-electron chi connectivity index (χ3n) is 3.29. The summed E-state index contributed by atoms with van der Waals surface area (Å²) in [6.45, 7) is 5.76. The number of hydrogen-bond acceptors (Lipinski definition) is 5. The Labute approximate surface area is 133 Å². The van der Waals surface area contributed by atoms with Gasteiger partial charge in [0, 0.05) is 29.4 Å². The predicted octanol–water partition coefficient (Wildman–Crippen LogP) is 2.93. The van der Waals surface area contributed by atoms with Crippen molar-refractivity contribution < 1.29 is 14.1 Å². The van der Waals surface area contributed by atoms with Crippen LogP contribution in [0.3, 0.4) is 0 Å². The molecule has 1 amide bonds. The molecule has 1 N–H and O–H groups in total. The van der Waals surface area contributed by atoms with E-state index in [2.05, 4.69) is 29.4 Å². The lowest BCUT2D eigenvalue weighted by atomic mass is 10.2. The molecule has 7 nitrogen and oxygen atoms in total. The van der Waals surface area contributed by atoms with Gasteiger partial charge in [-0.2, -0.15) is 5.10 Å². The molecule has 7 heteroatoms. The van der Waals surface area contributed by atoms with Crippen LogP contribution in [0, 0.1) is 6.92 Å². The quantitative estimate of drug-likeness (QED) is 0.783. The lowest BCUT2D eigenvalue weighted by Crippen LogP contribution is -2.20. The Kier molecular flexibility index (Phi) is 4.01. The van der Waals surface area contributed by atoms with Crippen LogP contribution in [0.1, 0.15) is 25.6 Å². The van der Waals surface area contributed by atoms with Gasteiger partial charge < -0.3 is 14.6 Å². The summed E-state index contributed by atoms with van der Waals surface area (Å²) in [6.07, 6.45) is 1.96. The van der Waals surface area contributed by atoms with Gasteiger partial charge in [0.2, 0.25) is 0 Å². The molecule has 1 aromatic carbocycles. The van der Waals surface area contributed by atoms with Crippen LogP contribution < -0.4 is 10.1 Å². The molecule has 3 aromatic rings. The lowest BCUT2D eigenvalue weighted by Gasteiger charge is -2.05. The highest BCUT2D eigenvalue weighted by Crippen LogP contribution is 2.20. The van der Waals surface area contributed by atoms with E-state index in [1.54, 1.807) is 13.0 Å². The molecule has 23 heavy (non-hydrogen) atoms. The molecule has 0 aliphatic rings. The molecule has 0 spiro atoms. The van der Waals surface area contributed by atoms with Gasteiger partial charge in [0.05, 0.1) is 5.52 Å². The summed E-state index contributed by atoms with van der Waals surface area (Å²) >= 11 is 0. The van der Waals surface area contributed by atoms with E-state index in [-0.39, 0.29) is 12.5 Å². The molecular formula is C16H18N4O3. The topological polar surface area (TPSA) is 82.2 Å². The Balaban J connectivity index is 1.64. The van der Waals surface area contributed by atoms with Crippen molar-refractivity contribution in [3.8, 4) is 5.88 Å². The van der Waals surface area contributed by atoms with Crippen molar-refractivity contribution in [2.45, 2.75) is 26.8 Å². The summed E-state index contributed by atoms with van der Waals surface area (Å²) in [5, 5.41) is 11.9. The highest BCUT2D eigenvalue weighted by Gasteiger charge is 2.08. The largest absolute Gasteiger partial charge is 0.465 e. The second-order valence-electron chi connectivity index (χ2n) is 5.59. The fourth-order valence-corrected chi connectivity index (χ4v) is 2.14. The molecule has 3 rings (SSSR count). The summed E-state index contributed by atoms with van der Waals surface area (Å²) in [4.78, 5) is 11.9. The third-order valence-corrected chi connectivity index (χ3v) is 3.29. The number of nitrogens with one attached hydrogen (secondary N) is 1. The summed E-state index contributed by atoms with van der Waals surface area (Å²) in [6, 6.07) is 7.50. The van der Waals surface area contributed by atoms with Gasteiger partial charge >= 0.3 is 0 Å². The van der Waals surface area contributed by atoms with Gasteiger partial charge in [0.15, 0.2) is 6.61 Å². The first-order chi connectivity index (χ1) is 11.0. The Bertz CT molecular complexity index is 835. The number of aromatic nitrogens is 3. The molecule has 0 saturated heterocycles. The first-order valence-electron chi connectivity index (χ1n) is 7.36. The van der Waals surface area contributed by atoms with Crippen molar-refractivity contribution in [3.05, 3.63) is 36.2 Å². The number of anilines is 1. The van der Waals surface area contributed by atoms with E-state index in [4.69, 9.17) is 9.26 Å². The minimum atomic E-state index is -0.263. The average Bonchev–Trinajstić information content (AvgIpc) is 3.10. The molecular weight excluding hydrogens is 296 g/mol. The van der Waals surface area contributed by atoms with E-state index in [1.807, 2.05) is 29.1 Å². The van der Waals surface area contributed by atoms with Crippen LogP contribution in [-0.4, -0.2) is 27.5 Å². The fourth-order valence-electron chi connectivity index (χ4n) is 2.14. The SMILES string of the molecule is Cc1cc(OCC(=O)Nc2ccc3nn(C(C)C)cc3c2)no1. The van der Waals surface area contributed by atoms with Crippen LogP contribution in [-0.2, 0) is 4.79 Å². The molecule has 0 bridgehead atoms. The zero-order valence-electron chi connectivity index (χ0n) is 13.2. The molecule has 0 atom stereocenters. The van der Waals surface area contributed by atoms with Crippen LogP contribution in [0.4, 0.5) is 5.69 Å². The number of benzene rings is 1. The fraction of sp³-hybridized carbons (Fsp3) is 0.312. The average molecular weight is 314 g/mol. The van der Waals surface area contributed by atoms with Crippen molar-refractivity contribution in [1.29, 1.82) is 0 Å². The van der Waals surface area contributed by atoms with Crippen molar-refractivity contribution in [2.75, 3.05) is 11.9 Å². The van der Waals surface area contributed by atoms with Crippen LogP contribution in [0.2, 0.25) is 0 Å². The van der Waals surface area contributed by atoms with E-state index in [0.29, 0.717) is 23.4 Å². The van der Waals surface area contributed by atoms with E-state index in [1.165, 1.54) is 0 Å². The van der Waals surface area contributed by atoms with Crippen molar-refractivity contribution in [1.82, 2.24) is 14.9 Å². The monoisotopic (exact) mass is 314 g/mol. The number of carbonyl (C=O) groups excluding carboxylic acids is 1. The Hall–Kier alpha value is -2.83. The molecule has 2 aromatic heterocycles. The maximum Gasteiger partial charge on any atom is 0.262 e. The van der Waals surface area contributed by atoms with E-state index in [0.717, 1.165) is 10.9 Å². The van der Waals surface area contributed by atoms with Gasteiger partial charge in [-0.1, -0.05) is 0 Å². The summed E-state index contributed by atoms with van der Waals surface area (Å²) < 4.78 is 12.0. The number of rotatable bonds is 5. The molecule has 120 valence electrons. The number of hydrogen-bond donors (Lipinski definition) is 1. The molecule has 0 aliphatic heterocycles. The maximum absolute atomic E-state index is 11.9. The highest BCUT2D eigenvalue weighted by atomic mass is 16.5. The number of carbonyl (C=O) groups is 1. The van der Waals surface area contributed by atoms with Gasteiger partial charge in [-0.25, -0.2) is 0 Å². The normalized spacial score (nSPS) is 11.1. The van der Waals surface area contributed by atoms with E-state index < -0.39 is 0 Å². The minimum Gasteiger partial charge on any atom is -0.465 e. The zero-order chi connectivity index (χ0) is 16.4. The van der Waals surface area contributed by atoms with Crippen LogP contribution in [0.15, 0.2) is 35.0 Å². The lowest BCUT2D eigenvalue weighted by molar-refractivity contribution is -0.118. The van der Waals surface area contributed by atoms with Crippen molar-refractivity contribution in [2.24, 2.45) is 0 Å². The number of fused-ring (bicyclic) bond motifs is 1. The summed E-state index contributed by atoms with van der Waals surface area (Å²) in [5.74, 6) is 0.667. The minimum absolute atomic E-state index is 0.130. The second-order valence-corrected chi connectivity index (χ2v) is 5.59. The Morgan fingerprint density at radius 2 is 2.22 bits per heavy atom. The molecule has 0 unspecified atom stereocenters. The standard InChI is InChI=1S/C16H18N4O3/c1-10(2)20-8-12-7-13(4-5-14(12)18-20)17-15(21)9-22-16-6-11(3)23-19-16/h4-8,10H,9H2,1-3H3,(H,17,21). The third kappa shape index (κ3) is 3.50. The smallest absolute Gasteiger partial charge is 0.262 e. The number of aryl methyl sites for hydroxylation is 1. The van der Waals surface area contributed by atoms with E-state index >= 15 is 0 Å². The zero-order valence-corrected chi connectivity index (χ0v) is 13.2. The number of nitrogens with zero attached hydrogens (tertiary/aromatic N) is 3. The van der Waals surface area contributed by atoms with Crippen LogP contribution in [0.5, 0.6) is 5.88 Å². The number of ether oxygens (including phenoxy) is 1. The molecule has 0 fully saturated rings. The number of amides is 1. The Morgan fingerprint density at radius 1 is 1.39 bits per heavy atom. The predicted molar refractivity (Wildman–Crippen MR) is 85.5 cm³/mol. The summed E-state index contributed by atoms with van der Waals surface area (Å²) in [5.41, 5.74) is 1.59. The first-order valence-corrected chi connectivity index (χ1v) is 7.36. The van der Waals surface area contributed by atoms with Crippen LogP contribution in [0.25, 0.3) is 10.9 Å². The first kappa shape index (κ1) is 15.1.